The molecule has 0 radical (unpaired) electrons. The van der Waals surface area contributed by atoms with Crippen molar-refractivity contribution in [1.29, 1.82) is 5.41 Å². The number of hydrogen-bond acceptors (Lipinski definition) is 4. The maximum Gasteiger partial charge on any atom is 0.432 e. The van der Waals surface area contributed by atoms with Gasteiger partial charge in [0.2, 0.25) is 0 Å². The van der Waals surface area contributed by atoms with E-state index < -0.39 is 11.9 Å². The van der Waals surface area contributed by atoms with Crippen LogP contribution in [0.1, 0.15) is 0 Å². The highest BCUT2D eigenvalue weighted by atomic mass is 32.2. The van der Waals surface area contributed by atoms with Crippen molar-refractivity contribution in [3.05, 3.63) is 66.9 Å². The molecule has 28 heavy (non-hydrogen) atoms. The summed E-state index contributed by atoms with van der Waals surface area (Å²) >= 11 is 1.65. The molecule has 0 unspecified atom stereocenters. The molecule has 1 aromatic heterocycles. The third-order valence-corrected chi connectivity index (χ3v) is 4.70. The molecule has 0 aliphatic rings. The van der Waals surface area contributed by atoms with Crippen LogP contribution in [-0.4, -0.2) is 23.1 Å². The van der Waals surface area contributed by atoms with E-state index in [4.69, 9.17) is 5.41 Å². The van der Waals surface area contributed by atoms with E-state index >= 15 is 0 Å². The average molecular weight is 403 g/mol. The minimum atomic E-state index is -4.65. The Hall–Kier alpha value is -2.84. The van der Waals surface area contributed by atoms with Crippen molar-refractivity contribution in [2.24, 2.45) is 0 Å². The van der Waals surface area contributed by atoms with Gasteiger partial charge in [-0.3, -0.25) is 10.7 Å². The first-order chi connectivity index (χ1) is 13.4. The monoisotopic (exact) mass is 403 g/mol. The van der Waals surface area contributed by atoms with E-state index in [0.29, 0.717) is 11.5 Å². The Morgan fingerprint density at radius 1 is 1.14 bits per heavy atom. The number of pyridine rings is 1. The Morgan fingerprint density at radius 3 is 2.54 bits per heavy atom. The van der Waals surface area contributed by atoms with Crippen molar-refractivity contribution in [2.45, 2.75) is 11.1 Å². The highest BCUT2D eigenvalue weighted by molar-refractivity contribution is 7.98. The maximum absolute atomic E-state index is 12.5. The van der Waals surface area contributed by atoms with Gasteiger partial charge in [0, 0.05) is 22.7 Å². The summed E-state index contributed by atoms with van der Waals surface area (Å²) in [4.78, 5) is 5.72. The average Bonchev–Trinajstić information content (AvgIpc) is 2.67. The second-order valence-corrected chi connectivity index (χ2v) is 6.78. The molecule has 3 aromatic rings. The zero-order valence-corrected chi connectivity index (χ0v) is 15.7. The van der Waals surface area contributed by atoms with Crippen LogP contribution in [0.3, 0.4) is 0 Å². The number of nitrogens with zero attached hydrogens (tertiary/aromatic N) is 1. The van der Waals surface area contributed by atoms with Gasteiger partial charge in [-0.2, -0.15) is 13.2 Å². The predicted molar refractivity (Wildman–Crippen MR) is 108 cm³/mol. The van der Waals surface area contributed by atoms with Crippen LogP contribution in [0.25, 0.3) is 10.9 Å². The second kappa shape index (κ2) is 8.45. The first-order valence-electron chi connectivity index (χ1n) is 8.35. The Labute approximate surface area is 164 Å². The molecule has 2 aromatic carbocycles. The standard InChI is InChI=1S/C20H17F3N4S/c1-28-14-8-6-13(7-9-14)26-19-12-17(15-4-2-3-5-16(15)27-19)25-11-10-18(24)20(21,22)23/h2-12,24H,1H3,(H2,25,26,27)/p+1. The Balaban J connectivity index is 1.88. The molecule has 0 saturated heterocycles. The number of nitrogens with two attached hydrogens (primary N) is 1. The number of rotatable bonds is 6. The summed E-state index contributed by atoms with van der Waals surface area (Å²) in [7, 11) is 0. The van der Waals surface area contributed by atoms with Crippen LogP contribution >= 0.6 is 11.8 Å². The van der Waals surface area contributed by atoms with Gasteiger partial charge in [-0.05, 0) is 42.7 Å². The number of benzene rings is 2. The quantitative estimate of drug-likeness (QED) is 0.401. The summed E-state index contributed by atoms with van der Waals surface area (Å²) in [5.41, 5.74) is 0.897. The van der Waals surface area contributed by atoms with Crippen molar-refractivity contribution in [1.82, 2.24) is 4.98 Å². The van der Waals surface area contributed by atoms with E-state index in [2.05, 4.69) is 10.3 Å². The zero-order valence-electron chi connectivity index (χ0n) is 14.9. The number of aromatic nitrogens is 1. The van der Waals surface area contributed by atoms with Crippen molar-refractivity contribution in [3.63, 3.8) is 0 Å². The molecule has 0 bridgehead atoms. The SMILES string of the molecule is CSc1ccc(Nc2cc([NH2+]C=CC(=N)C(F)(F)F)c3ccccc3n2)cc1. The lowest BCUT2D eigenvalue weighted by Gasteiger charge is -2.09. The van der Waals surface area contributed by atoms with Gasteiger partial charge in [-0.15, -0.1) is 11.8 Å². The van der Waals surface area contributed by atoms with E-state index in [1.807, 2.05) is 54.8 Å². The number of fused-ring (bicyclic) bond motifs is 1. The molecule has 0 aliphatic heterocycles. The molecule has 4 nitrogen and oxygen atoms in total. The molecule has 3 rings (SSSR count). The first-order valence-corrected chi connectivity index (χ1v) is 9.57. The number of allylic oxidation sites excluding steroid dienone is 1. The lowest BCUT2D eigenvalue weighted by molar-refractivity contribution is -0.494. The van der Waals surface area contributed by atoms with Crippen LogP contribution < -0.4 is 10.6 Å². The lowest BCUT2D eigenvalue weighted by Crippen LogP contribution is -2.71. The molecular weight excluding hydrogens is 385 g/mol. The Kier molecular flexibility index (Phi) is 6.01. The van der Waals surface area contributed by atoms with Gasteiger partial charge in [0.05, 0.1) is 17.1 Å². The lowest BCUT2D eigenvalue weighted by atomic mass is 10.2. The van der Waals surface area contributed by atoms with Gasteiger partial charge < -0.3 is 5.32 Å². The molecule has 8 heteroatoms. The largest absolute Gasteiger partial charge is 0.432 e. The second-order valence-electron chi connectivity index (χ2n) is 5.90. The number of alkyl halides is 3. The zero-order chi connectivity index (χ0) is 20.1. The fourth-order valence-corrected chi connectivity index (χ4v) is 2.98. The van der Waals surface area contributed by atoms with Crippen LogP contribution in [0.15, 0.2) is 71.8 Å². The molecule has 4 N–H and O–H groups in total. The number of anilines is 2. The Bertz CT molecular complexity index is 1010. The fraction of sp³-hybridized carbons (Fsp3) is 0.100. The molecule has 0 amide bonds. The van der Waals surface area contributed by atoms with Gasteiger partial charge in [-0.25, -0.2) is 4.98 Å². The molecule has 0 spiro atoms. The summed E-state index contributed by atoms with van der Waals surface area (Å²) in [5, 5.41) is 12.6. The smallest absolute Gasteiger partial charge is 0.340 e. The number of para-hydroxylation sites is 1. The highest BCUT2D eigenvalue weighted by Crippen LogP contribution is 2.25. The van der Waals surface area contributed by atoms with Gasteiger partial charge in [0.15, 0.2) is 0 Å². The number of hydrogen-bond donors (Lipinski definition) is 3. The van der Waals surface area contributed by atoms with E-state index in [0.717, 1.165) is 27.6 Å². The first kappa shape index (κ1) is 19.9. The number of halogens is 3. The van der Waals surface area contributed by atoms with Crippen LogP contribution in [0.2, 0.25) is 0 Å². The third kappa shape index (κ3) is 4.90. The molecule has 1 heterocycles. The van der Waals surface area contributed by atoms with E-state index in [1.165, 1.54) is 6.20 Å². The molecule has 0 aliphatic carbocycles. The van der Waals surface area contributed by atoms with E-state index in [1.54, 1.807) is 23.1 Å². The fourth-order valence-electron chi connectivity index (χ4n) is 2.57. The van der Waals surface area contributed by atoms with Gasteiger partial charge >= 0.3 is 6.18 Å². The summed E-state index contributed by atoms with van der Waals surface area (Å²) in [6.07, 6.45) is -0.681. The summed E-state index contributed by atoms with van der Waals surface area (Å²) in [6, 6.07) is 17.0. The number of quaternary nitrogens is 1. The van der Waals surface area contributed by atoms with Crippen molar-refractivity contribution in [3.8, 4) is 0 Å². The summed E-state index contributed by atoms with van der Waals surface area (Å²) in [6.45, 7) is 0. The van der Waals surface area contributed by atoms with E-state index in [9.17, 15) is 13.2 Å². The summed E-state index contributed by atoms with van der Waals surface area (Å²) in [5.74, 6) is 0.584. The Morgan fingerprint density at radius 2 is 1.86 bits per heavy atom. The summed E-state index contributed by atoms with van der Waals surface area (Å²) < 4.78 is 37.4. The molecule has 144 valence electrons. The third-order valence-electron chi connectivity index (χ3n) is 3.95. The normalized spacial score (nSPS) is 11.9. The van der Waals surface area contributed by atoms with Crippen LogP contribution in [0.4, 0.5) is 30.4 Å². The van der Waals surface area contributed by atoms with Crippen molar-refractivity contribution in [2.75, 3.05) is 11.6 Å². The van der Waals surface area contributed by atoms with Crippen LogP contribution in [0.5, 0.6) is 0 Å². The number of nitrogens with one attached hydrogen (secondary N) is 2. The van der Waals surface area contributed by atoms with Gasteiger partial charge in [-0.1, -0.05) is 12.1 Å². The topological polar surface area (TPSA) is 65.4 Å². The number of thioether (sulfide) groups is 1. The van der Waals surface area contributed by atoms with Gasteiger partial charge in [0.25, 0.3) is 0 Å². The molecule has 0 atom stereocenters. The minimum Gasteiger partial charge on any atom is -0.340 e. The van der Waals surface area contributed by atoms with Crippen LogP contribution in [0, 0.1) is 5.41 Å². The molecular formula is C20H18F3N4S+. The van der Waals surface area contributed by atoms with Crippen molar-refractivity contribution >= 4 is 45.6 Å². The maximum atomic E-state index is 12.5. The molecule has 0 fully saturated rings. The van der Waals surface area contributed by atoms with Gasteiger partial charge in [0.1, 0.15) is 17.2 Å². The van der Waals surface area contributed by atoms with E-state index in [-0.39, 0.29) is 0 Å². The molecule has 0 saturated carbocycles. The predicted octanol–water partition coefficient (Wildman–Crippen LogP) is 4.99. The van der Waals surface area contributed by atoms with Crippen LogP contribution in [-0.2, 0) is 0 Å². The minimum absolute atomic E-state index is 0.584. The van der Waals surface area contributed by atoms with Crippen molar-refractivity contribution < 1.29 is 18.5 Å². The highest BCUT2D eigenvalue weighted by Gasteiger charge is 2.32.